The summed E-state index contributed by atoms with van der Waals surface area (Å²) in [6.45, 7) is 12.5. The van der Waals surface area contributed by atoms with E-state index in [2.05, 4.69) is 34.8 Å². The maximum atomic E-state index is 12.5. The zero-order valence-electron chi connectivity index (χ0n) is 14.6. The van der Waals surface area contributed by atoms with Gasteiger partial charge >= 0.3 is 0 Å². The van der Waals surface area contributed by atoms with E-state index in [1.165, 1.54) is 32.4 Å². The van der Waals surface area contributed by atoms with Crippen molar-refractivity contribution in [2.45, 2.75) is 59.5 Å². The van der Waals surface area contributed by atoms with Crippen molar-refractivity contribution in [3.63, 3.8) is 0 Å². The molecule has 0 aliphatic carbocycles. The molecule has 2 heterocycles. The molecule has 1 saturated heterocycles. The normalized spacial score (nSPS) is 16.5. The summed E-state index contributed by atoms with van der Waals surface area (Å²) < 4.78 is 2.14. The fourth-order valence-electron chi connectivity index (χ4n) is 3.04. The fraction of sp³-hybridized carbons (Fsp3) is 0.722. The van der Waals surface area contributed by atoms with Crippen molar-refractivity contribution in [3.05, 3.63) is 18.0 Å². The van der Waals surface area contributed by atoms with Crippen LogP contribution in [0.5, 0.6) is 0 Å². The Bertz CT molecular complexity index is 485. The van der Waals surface area contributed by atoms with E-state index in [0.29, 0.717) is 6.04 Å². The summed E-state index contributed by atoms with van der Waals surface area (Å²) in [5.74, 6) is 0.269. The molecule has 1 aromatic heterocycles. The lowest BCUT2D eigenvalue weighted by atomic mass is 10.1. The van der Waals surface area contributed by atoms with Gasteiger partial charge in [-0.25, -0.2) is 0 Å². The van der Waals surface area contributed by atoms with Gasteiger partial charge in [0.2, 0.25) is 0 Å². The summed E-state index contributed by atoms with van der Waals surface area (Å²) in [5, 5.41) is 3.41. The molecule has 0 bridgehead atoms. The Morgan fingerprint density at radius 1 is 1.14 bits per heavy atom. The first-order chi connectivity index (χ1) is 10.5. The third-order valence-electron chi connectivity index (χ3n) is 4.23. The molecule has 124 valence electrons. The van der Waals surface area contributed by atoms with E-state index in [1.807, 2.05) is 19.9 Å². The highest BCUT2D eigenvalue weighted by Crippen LogP contribution is 2.19. The summed E-state index contributed by atoms with van der Waals surface area (Å²) >= 11 is 0. The lowest BCUT2D eigenvalue weighted by molar-refractivity contribution is 0.0928. The number of likely N-dealkylation sites (tertiary alicyclic amines) is 1. The van der Waals surface area contributed by atoms with Gasteiger partial charge in [-0.1, -0.05) is 20.3 Å². The number of carbonyl (C=O) groups excluding carboxylic acids is 1. The third kappa shape index (κ3) is 4.60. The first kappa shape index (κ1) is 17.1. The molecule has 0 unspecified atom stereocenters. The van der Waals surface area contributed by atoms with Crippen LogP contribution in [0.4, 0.5) is 5.69 Å². The Labute approximate surface area is 134 Å². The standard InChI is InChI=1S/C18H31N3O/c1-14(2)18(22)17-12-16(19-15(3)4)13-21(17)11-10-20-8-6-5-7-9-20/h12-15,19H,5-11H2,1-4H3. The molecule has 0 amide bonds. The molecular formula is C18H31N3O. The summed E-state index contributed by atoms with van der Waals surface area (Å²) in [4.78, 5) is 15.0. The highest BCUT2D eigenvalue weighted by atomic mass is 16.1. The predicted octanol–water partition coefficient (Wildman–Crippen LogP) is 3.63. The number of anilines is 1. The molecule has 0 atom stereocenters. The van der Waals surface area contributed by atoms with Gasteiger partial charge in [0, 0.05) is 31.2 Å². The molecule has 22 heavy (non-hydrogen) atoms. The number of carbonyl (C=O) groups is 1. The minimum Gasteiger partial charge on any atom is -0.382 e. The van der Waals surface area contributed by atoms with Gasteiger partial charge in [0.1, 0.15) is 0 Å². The third-order valence-corrected chi connectivity index (χ3v) is 4.23. The van der Waals surface area contributed by atoms with Crippen LogP contribution in [-0.2, 0) is 6.54 Å². The van der Waals surface area contributed by atoms with Gasteiger partial charge in [-0.15, -0.1) is 0 Å². The number of hydrogen-bond donors (Lipinski definition) is 1. The number of rotatable bonds is 7. The van der Waals surface area contributed by atoms with Crippen molar-refractivity contribution < 1.29 is 4.79 Å². The number of hydrogen-bond acceptors (Lipinski definition) is 3. The zero-order valence-corrected chi connectivity index (χ0v) is 14.6. The predicted molar refractivity (Wildman–Crippen MR) is 92.7 cm³/mol. The Kier molecular flexibility index (Phi) is 6.07. The SMILES string of the molecule is CC(C)Nc1cc(C(=O)C(C)C)n(CCN2CCCCC2)c1. The molecule has 0 spiro atoms. The first-order valence-electron chi connectivity index (χ1n) is 8.70. The maximum Gasteiger partial charge on any atom is 0.181 e. The molecule has 1 aliphatic rings. The molecule has 1 fully saturated rings. The van der Waals surface area contributed by atoms with E-state index >= 15 is 0 Å². The molecule has 0 saturated carbocycles. The molecular weight excluding hydrogens is 274 g/mol. The monoisotopic (exact) mass is 305 g/mol. The average Bonchev–Trinajstić information content (AvgIpc) is 2.87. The van der Waals surface area contributed by atoms with Crippen LogP contribution in [0.15, 0.2) is 12.3 Å². The van der Waals surface area contributed by atoms with Crippen LogP contribution in [0, 0.1) is 5.92 Å². The second kappa shape index (κ2) is 7.82. The molecule has 2 rings (SSSR count). The summed E-state index contributed by atoms with van der Waals surface area (Å²) in [7, 11) is 0. The minimum atomic E-state index is 0.0375. The van der Waals surface area contributed by atoms with Crippen LogP contribution in [0.25, 0.3) is 0 Å². The number of aromatic nitrogens is 1. The van der Waals surface area contributed by atoms with Crippen LogP contribution in [0.2, 0.25) is 0 Å². The van der Waals surface area contributed by atoms with Crippen LogP contribution in [0.3, 0.4) is 0 Å². The van der Waals surface area contributed by atoms with Crippen LogP contribution in [-0.4, -0.2) is 40.9 Å². The molecule has 1 aliphatic heterocycles. The number of nitrogens with one attached hydrogen (secondary N) is 1. The van der Waals surface area contributed by atoms with Crippen LogP contribution < -0.4 is 5.32 Å². The van der Waals surface area contributed by atoms with Gasteiger partial charge in [-0.2, -0.15) is 0 Å². The first-order valence-corrected chi connectivity index (χ1v) is 8.70. The summed E-state index contributed by atoms with van der Waals surface area (Å²) in [5.41, 5.74) is 1.90. The van der Waals surface area contributed by atoms with Crippen molar-refractivity contribution in [2.24, 2.45) is 5.92 Å². The van der Waals surface area contributed by atoms with E-state index in [9.17, 15) is 4.79 Å². The second-order valence-corrected chi connectivity index (χ2v) is 7.03. The van der Waals surface area contributed by atoms with Crippen molar-refractivity contribution in [1.82, 2.24) is 9.47 Å². The molecule has 4 heteroatoms. The van der Waals surface area contributed by atoms with Crippen LogP contribution >= 0.6 is 0 Å². The minimum absolute atomic E-state index is 0.0375. The molecule has 1 N–H and O–H groups in total. The number of Topliss-reactive ketones (excluding diaryl/α,β-unsaturated/α-hetero) is 1. The van der Waals surface area contributed by atoms with Gasteiger partial charge in [-0.05, 0) is 45.8 Å². The fourth-order valence-corrected chi connectivity index (χ4v) is 3.04. The van der Waals surface area contributed by atoms with E-state index < -0.39 is 0 Å². The number of ketones is 1. The van der Waals surface area contributed by atoms with Gasteiger partial charge in [0.25, 0.3) is 0 Å². The number of piperidine rings is 1. The lowest BCUT2D eigenvalue weighted by Gasteiger charge is -2.26. The molecule has 1 aromatic rings. The van der Waals surface area contributed by atoms with Crippen molar-refractivity contribution >= 4 is 11.5 Å². The molecule has 0 aromatic carbocycles. The van der Waals surface area contributed by atoms with E-state index in [-0.39, 0.29) is 11.7 Å². The quantitative estimate of drug-likeness (QED) is 0.782. The Morgan fingerprint density at radius 2 is 1.82 bits per heavy atom. The Balaban J connectivity index is 2.08. The van der Waals surface area contributed by atoms with Gasteiger partial charge in [0.15, 0.2) is 5.78 Å². The second-order valence-electron chi connectivity index (χ2n) is 7.03. The molecule has 4 nitrogen and oxygen atoms in total. The number of nitrogens with zero attached hydrogens (tertiary/aromatic N) is 2. The maximum absolute atomic E-state index is 12.5. The molecule has 0 radical (unpaired) electrons. The van der Waals surface area contributed by atoms with E-state index in [1.54, 1.807) is 0 Å². The lowest BCUT2D eigenvalue weighted by Crippen LogP contribution is -2.33. The van der Waals surface area contributed by atoms with Gasteiger partial charge < -0.3 is 14.8 Å². The van der Waals surface area contributed by atoms with Gasteiger partial charge in [0.05, 0.1) is 11.4 Å². The average molecular weight is 305 g/mol. The van der Waals surface area contributed by atoms with Crippen LogP contribution in [0.1, 0.15) is 57.4 Å². The Morgan fingerprint density at radius 3 is 2.41 bits per heavy atom. The smallest absolute Gasteiger partial charge is 0.181 e. The topological polar surface area (TPSA) is 37.3 Å². The summed E-state index contributed by atoms with van der Waals surface area (Å²) in [6, 6.07) is 2.39. The van der Waals surface area contributed by atoms with Gasteiger partial charge in [-0.3, -0.25) is 4.79 Å². The summed E-state index contributed by atoms with van der Waals surface area (Å²) in [6.07, 6.45) is 6.08. The van der Waals surface area contributed by atoms with Crippen molar-refractivity contribution in [3.8, 4) is 0 Å². The van der Waals surface area contributed by atoms with E-state index in [4.69, 9.17) is 0 Å². The largest absolute Gasteiger partial charge is 0.382 e. The Hall–Kier alpha value is -1.29. The zero-order chi connectivity index (χ0) is 16.1. The van der Waals surface area contributed by atoms with Crippen molar-refractivity contribution in [1.29, 1.82) is 0 Å². The highest BCUT2D eigenvalue weighted by Gasteiger charge is 2.18. The van der Waals surface area contributed by atoms with Crippen molar-refractivity contribution in [2.75, 3.05) is 25.0 Å². The van der Waals surface area contributed by atoms with E-state index in [0.717, 1.165) is 24.5 Å². The highest BCUT2D eigenvalue weighted by molar-refractivity contribution is 5.97.